The number of hydrogen-bond acceptors (Lipinski definition) is 7. The largest absolute Gasteiger partial charge is 0.465 e. The second kappa shape index (κ2) is 9.31. The molecule has 1 heterocycles. The van der Waals surface area contributed by atoms with Crippen molar-refractivity contribution in [2.45, 2.75) is 36.7 Å². The van der Waals surface area contributed by atoms with E-state index < -0.39 is 22.0 Å². The number of methoxy groups -OCH3 is 2. The Hall–Kier alpha value is -1.68. The van der Waals surface area contributed by atoms with Crippen LogP contribution in [0.2, 0.25) is 0 Å². The summed E-state index contributed by atoms with van der Waals surface area (Å²) in [6.45, 7) is 2.74. The maximum atomic E-state index is 12.7. The summed E-state index contributed by atoms with van der Waals surface area (Å²) in [5.74, 6) is -1.48. The number of ether oxygens (including phenoxy) is 2. The van der Waals surface area contributed by atoms with Crippen LogP contribution >= 0.6 is 12.4 Å². The van der Waals surface area contributed by atoms with Gasteiger partial charge in [-0.2, -0.15) is 0 Å². The molecule has 0 amide bonds. The van der Waals surface area contributed by atoms with E-state index in [1.807, 2.05) is 6.92 Å². The third-order valence-corrected chi connectivity index (χ3v) is 5.60. The van der Waals surface area contributed by atoms with Gasteiger partial charge < -0.3 is 14.8 Å². The van der Waals surface area contributed by atoms with Crippen LogP contribution in [0, 0.1) is 0 Å². The predicted octanol–water partition coefficient (Wildman–Crippen LogP) is 1.10. The number of nitrogens with one attached hydrogen (secondary N) is 2. The number of carbonyl (C=O) groups excluding carboxylic acids is 2. The van der Waals surface area contributed by atoms with Crippen molar-refractivity contribution in [2.24, 2.45) is 0 Å². The van der Waals surface area contributed by atoms with Crippen molar-refractivity contribution in [2.75, 3.05) is 20.8 Å². The summed E-state index contributed by atoms with van der Waals surface area (Å²) in [6.07, 6.45) is 1.56. The molecular weight excluding hydrogens is 384 g/mol. The fourth-order valence-electron chi connectivity index (χ4n) is 2.70. The molecule has 0 aliphatic carbocycles. The highest BCUT2D eigenvalue weighted by atomic mass is 35.5. The number of piperidine rings is 1. The van der Waals surface area contributed by atoms with Gasteiger partial charge in [0.1, 0.15) is 0 Å². The minimum atomic E-state index is -3.93. The van der Waals surface area contributed by atoms with Gasteiger partial charge in [0.15, 0.2) is 0 Å². The van der Waals surface area contributed by atoms with E-state index in [0.717, 1.165) is 13.0 Å². The van der Waals surface area contributed by atoms with Gasteiger partial charge in [-0.05, 0) is 44.5 Å². The third kappa shape index (κ3) is 5.16. The summed E-state index contributed by atoms with van der Waals surface area (Å²) in [4.78, 5) is 23.4. The molecule has 10 heteroatoms. The summed E-state index contributed by atoms with van der Waals surface area (Å²) in [7, 11) is -1.58. The van der Waals surface area contributed by atoms with Crippen LogP contribution in [0.25, 0.3) is 0 Å². The molecule has 146 valence electrons. The first-order valence-electron chi connectivity index (χ1n) is 7.86. The molecule has 26 heavy (non-hydrogen) atoms. The molecule has 1 fully saturated rings. The van der Waals surface area contributed by atoms with E-state index in [1.54, 1.807) is 0 Å². The number of rotatable bonds is 5. The lowest BCUT2D eigenvalue weighted by Gasteiger charge is -2.30. The summed E-state index contributed by atoms with van der Waals surface area (Å²) in [6, 6.07) is 3.30. The maximum absolute atomic E-state index is 12.7. The quantitative estimate of drug-likeness (QED) is 0.704. The topological polar surface area (TPSA) is 111 Å². The zero-order valence-electron chi connectivity index (χ0n) is 14.8. The van der Waals surface area contributed by atoms with Gasteiger partial charge in [-0.1, -0.05) is 0 Å². The molecule has 0 saturated carbocycles. The monoisotopic (exact) mass is 406 g/mol. The van der Waals surface area contributed by atoms with Crippen LogP contribution in [0.3, 0.4) is 0 Å². The summed E-state index contributed by atoms with van der Waals surface area (Å²) in [5, 5.41) is 3.21. The van der Waals surface area contributed by atoms with Gasteiger partial charge in [0.25, 0.3) is 0 Å². The van der Waals surface area contributed by atoms with Crippen LogP contribution in [0.4, 0.5) is 0 Å². The van der Waals surface area contributed by atoms with E-state index in [1.165, 1.54) is 32.4 Å². The van der Waals surface area contributed by atoms with Gasteiger partial charge in [0, 0.05) is 12.1 Å². The van der Waals surface area contributed by atoms with Crippen LogP contribution < -0.4 is 10.0 Å². The van der Waals surface area contributed by atoms with Crippen molar-refractivity contribution in [3.05, 3.63) is 29.3 Å². The summed E-state index contributed by atoms with van der Waals surface area (Å²) in [5.41, 5.74) is -0.0822. The molecule has 8 nitrogen and oxygen atoms in total. The molecule has 1 aromatic rings. The van der Waals surface area contributed by atoms with E-state index in [9.17, 15) is 18.0 Å². The van der Waals surface area contributed by atoms with E-state index in [2.05, 4.69) is 19.5 Å². The smallest absolute Gasteiger partial charge is 0.337 e. The first-order chi connectivity index (χ1) is 11.8. The molecule has 2 rings (SSSR count). The van der Waals surface area contributed by atoms with Crippen LogP contribution in [0.5, 0.6) is 0 Å². The number of hydrogen-bond donors (Lipinski definition) is 2. The Bertz CT molecular complexity index is 734. The Kier molecular flexibility index (Phi) is 8.01. The highest BCUT2D eigenvalue weighted by molar-refractivity contribution is 7.89. The average Bonchev–Trinajstić information content (AvgIpc) is 2.61. The Morgan fingerprint density at radius 3 is 2.12 bits per heavy atom. The SMILES string of the molecule is COC(=O)c1cc(C(=O)OC)cc(S(=O)(=O)NC2CCCNC2C)c1.Cl. The molecule has 1 aromatic carbocycles. The molecule has 1 aliphatic heterocycles. The van der Waals surface area contributed by atoms with Crippen molar-refractivity contribution in [1.29, 1.82) is 0 Å². The lowest BCUT2D eigenvalue weighted by molar-refractivity contribution is 0.0598. The standard InChI is InChI=1S/C16H22N2O6S.ClH/c1-10-14(5-4-6-17-10)18-25(21,22)13-8-11(15(19)23-2)7-12(9-13)16(20)24-3;/h7-10,14,17-18H,4-6H2,1-3H3;1H. The van der Waals surface area contributed by atoms with Gasteiger partial charge >= 0.3 is 11.9 Å². The lowest BCUT2D eigenvalue weighted by atomic mass is 10.0. The first kappa shape index (κ1) is 22.4. The normalized spacial score (nSPS) is 20.0. The van der Waals surface area contributed by atoms with Crippen molar-refractivity contribution in [3.63, 3.8) is 0 Å². The first-order valence-corrected chi connectivity index (χ1v) is 9.34. The third-order valence-electron chi connectivity index (χ3n) is 4.13. The van der Waals surface area contributed by atoms with Gasteiger partial charge in [-0.3, -0.25) is 0 Å². The Morgan fingerprint density at radius 2 is 1.65 bits per heavy atom. The van der Waals surface area contributed by atoms with Crippen LogP contribution in [-0.4, -0.2) is 53.2 Å². The highest BCUT2D eigenvalue weighted by Gasteiger charge is 2.28. The zero-order valence-corrected chi connectivity index (χ0v) is 16.4. The second-order valence-electron chi connectivity index (χ2n) is 5.84. The molecule has 1 aliphatic rings. The molecule has 0 bridgehead atoms. The summed E-state index contributed by atoms with van der Waals surface area (Å²) >= 11 is 0. The van der Waals surface area contributed by atoms with Gasteiger partial charge in [-0.25, -0.2) is 22.7 Å². The highest BCUT2D eigenvalue weighted by Crippen LogP contribution is 2.19. The number of benzene rings is 1. The molecule has 0 aromatic heterocycles. The molecule has 2 atom stereocenters. The van der Waals surface area contributed by atoms with Crippen molar-refractivity contribution < 1.29 is 27.5 Å². The van der Waals surface area contributed by atoms with Crippen LogP contribution in [-0.2, 0) is 19.5 Å². The summed E-state index contributed by atoms with van der Waals surface area (Å²) < 4.78 is 37.3. The minimum absolute atomic E-state index is 0. The average molecular weight is 407 g/mol. The van der Waals surface area contributed by atoms with Gasteiger partial charge in [0.2, 0.25) is 10.0 Å². The van der Waals surface area contributed by atoms with Crippen molar-refractivity contribution in [1.82, 2.24) is 10.0 Å². The molecule has 2 unspecified atom stereocenters. The van der Waals surface area contributed by atoms with E-state index >= 15 is 0 Å². The Labute approximate surface area is 159 Å². The number of esters is 2. The predicted molar refractivity (Wildman–Crippen MR) is 97.2 cm³/mol. The number of halogens is 1. The second-order valence-corrected chi connectivity index (χ2v) is 7.56. The lowest BCUT2D eigenvalue weighted by Crippen LogP contribution is -2.51. The fraction of sp³-hybridized carbons (Fsp3) is 0.500. The van der Waals surface area contributed by atoms with E-state index in [4.69, 9.17) is 0 Å². The van der Waals surface area contributed by atoms with E-state index in [0.29, 0.717) is 6.42 Å². The Morgan fingerprint density at radius 1 is 1.12 bits per heavy atom. The van der Waals surface area contributed by atoms with Gasteiger partial charge in [-0.15, -0.1) is 12.4 Å². The zero-order chi connectivity index (χ0) is 18.6. The molecule has 2 N–H and O–H groups in total. The molecule has 0 radical (unpaired) electrons. The molecular formula is C16H23ClN2O6S. The van der Waals surface area contributed by atoms with Crippen LogP contribution in [0.1, 0.15) is 40.5 Å². The van der Waals surface area contributed by atoms with Crippen molar-refractivity contribution in [3.8, 4) is 0 Å². The minimum Gasteiger partial charge on any atom is -0.465 e. The fourth-order valence-corrected chi connectivity index (χ4v) is 4.12. The van der Waals surface area contributed by atoms with Crippen LogP contribution in [0.15, 0.2) is 23.1 Å². The Balaban J connectivity index is 0.00000338. The van der Waals surface area contributed by atoms with Crippen molar-refractivity contribution >= 4 is 34.4 Å². The number of sulfonamides is 1. The molecule has 0 spiro atoms. The number of carbonyl (C=O) groups is 2. The maximum Gasteiger partial charge on any atom is 0.337 e. The van der Waals surface area contributed by atoms with E-state index in [-0.39, 0.29) is 40.5 Å². The van der Waals surface area contributed by atoms with Gasteiger partial charge in [0.05, 0.1) is 30.2 Å². The molecule has 1 saturated heterocycles.